The van der Waals surface area contributed by atoms with Gasteiger partial charge in [0.1, 0.15) is 18.0 Å². The number of halogens is 2. The van der Waals surface area contributed by atoms with E-state index in [1.54, 1.807) is 24.3 Å². The topological polar surface area (TPSA) is 60.3 Å². The number of hydrogen-bond donors (Lipinski definition) is 1. The monoisotopic (exact) mass is 372 g/mol. The van der Waals surface area contributed by atoms with Crippen LogP contribution in [0.2, 0.25) is 5.02 Å². The van der Waals surface area contributed by atoms with E-state index in [1.807, 2.05) is 0 Å². The van der Waals surface area contributed by atoms with Crippen LogP contribution in [0.3, 0.4) is 0 Å². The molecule has 2 aromatic carbocycles. The Hall–Kier alpha value is -3.12. The number of aromatic nitrogens is 1. The fraction of sp³-hybridized carbons (Fsp3) is 0.0526. The van der Waals surface area contributed by atoms with Crippen molar-refractivity contribution < 1.29 is 14.0 Å². The summed E-state index contributed by atoms with van der Waals surface area (Å²) in [6.45, 7) is 0.0720. The number of amides is 1. The van der Waals surface area contributed by atoms with Gasteiger partial charge in [0.25, 0.3) is 11.5 Å². The lowest BCUT2D eigenvalue weighted by Gasteiger charge is -2.11. The fourth-order valence-corrected chi connectivity index (χ4v) is 2.43. The second kappa shape index (κ2) is 7.84. The van der Waals surface area contributed by atoms with Crippen LogP contribution in [0.4, 0.5) is 10.1 Å². The summed E-state index contributed by atoms with van der Waals surface area (Å²) in [6, 6.07) is 15.2. The van der Waals surface area contributed by atoms with E-state index in [0.29, 0.717) is 16.3 Å². The van der Waals surface area contributed by atoms with Gasteiger partial charge in [-0.05, 0) is 42.5 Å². The van der Waals surface area contributed by atoms with Gasteiger partial charge in [-0.2, -0.15) is 4.73 Å². The molecule has 0 aliphatic rings. The van der Waals surface area contributed by atoms with Crippen molar-refractivity contribution in [2.75, 3.05) is 5.32 Å². The molecule has 132 valence electrons. The van der Waals surface area contributed by atoms with E-state index in [9.17, 15) is 14.0 Å². The molecule has 7 heteroatoms. The molecule has 0 fully saturated rings. The van der Waals surface area contributed by atoms with Crippen LogP contribution < -0.4 is 15.7 Å². The number of carbonyl (C=O) groups is 1. The molecule has 26 heavy (non-hydrogen) atoms. The second-order valence-electron chi connectivity index (χ2n) is 5.38. The predicted octanol–water partition coefficient (Wildman–Crippen LogP) is 3.52. The molecule has 1 amide bonds. The van der Waals surface area contributed by atoms with Crippen LogP contribution in [-0.2, 0) is 6.61 Å². The average Bonchev–Trinajstić information content (AvgIpc) is 2.64. The third kappa shape index (κ3) is 4.10. The number of benzene rings is 2. The largest absolute Gasteiger partial charge is 0.406 e. The highest BCUT2D eigenvalue weighted by Gasteiger charge is 2.13. The first kappa shape index (κ1) is 17.7. The molecule has 1 heterocycles. The van der Waals surface area contributed by atoms with E-state index in [2.05, 4.69) is 5.32 Å². The highest BCUT2D eigenvalue weighted by atomic mass is 35.5. The van der Waals surface area contributed by atoms with Crippen molar-refractivity contribution in [1.29, 1.82) is 0 Å². The van der Waals surface area contributed by atoms with Crippen LogP contribution in [0.15, 0.2) is 71.7 Å². The molecule has 0 unspecified atom stereocenters. The van der Waals surface area contributed by atoms with Gasteiger partial charge in [-0.25, -0.2) is 4.39 Å². The number of hydrogen-bond acceptors (Lipinski definition) is 3. The molecule has 0 bridgehead atoms. The molecule has 0 atom stereocenters. The third-order valence-corrected chi connectivity index (χ3v) is 3.95. The molecular weight excluding hydrogens is 359 g/mol. The number of anilines is 1. The average molecular weight is 373 g/mol. The van der Waals surface area contributed by atoms with Crippen molar-refractivity contribution in [3.8, 4) is 0 Å². The number of rotatable bonds is 5. The molecule has 0 saturated heterocycles. The van der Waals surface area contributed by atoms with Gasteiger partial charge in [0, 0.05) is 22.5 Å². The Bertz CT molecular complexity index is 987. The van der Waals surface area contributed by atoms with E-state index in [4.69, 9.17) is 16.4 Å². The van der Waals surface area contributed by atoms with Gasteiger partial charge >= 0.3 is 0 Å². The summed E-state index contributed by atoms with van der Waals surface area (Å²) >= 11 is 6.06. The number of nitrogens with zero attached hydrogens (tertiary/aromatic N) is 1. The molecule has 1 aromatic heterocycles. The molecule has 0 aliphatic carbocycles. The van der Waals surface area contributed by atoms with Gasteiger partial charge in [-0.15, -0.1) is 0 Å². The van der Waals surface area contributed by atoms with Gasteiger partial charge in [0.2, 0.25) is 0 Å². The summed E-state index contributed by atoms with van der Waals surface area (Å²) < 4.78 is 13.9. The van der Waals surface area contributed by atoms with E-state index in [0.717, 1.165) is 4.73 Å². The van der Waals surface area contributed by atoms with E-state index >= 15 is 0 Å². The first-order valence-corrected chi connectivity index (χ1v) is 8.07. The van der Waals surface area contributed by atoms with Gasteiger partial charge in [-0.3, -0.25) is 9.59 Å². The summed E-state index contributed by atoms with van der Waals surface area (Å²) in [6.07, 6.45) is 1.41. The smallest absolute Gasteiger partial charge is 0.295 e. The highest BCUT2D eigenvalue weighted by molar-refractivity contribution is 6.31. The minimum Gasteiger partial charge on any atom is -0.406 e. The summed E-state index contributed by atoms with van der Waals surface area (Å²) in [5.41, 5.74) is 0.376. The van der Waals surface area contributed by atoms with Crippen LogP contribution in [0, 0.1) is 5.82 Å². The standard InChI is InChI=1S/C19H14ClFN2O3/c20-17-6-2-1-4-13(17)12-26-23-11-3-5-16(19(23)25)18(24)22-15-9-7-14(21)8-10-15/h1-11H,12H2,(H,22,24). The zero-order valence-corrected chi connectivity index (χ0v) is 14.2. The Balaban J connectivity index is 1.76. The van der Waals surface area contributed by atoms with E-state index in [-0.39, 0.29) is 12.2 Å². The third-order valence-electron chi connectivity index (χ3n) is 3.58. The number of pyridine rings is 1. The van der Waals surface area contributed by atoms with Crippen molar-refractivity contribution >= 4 is 23.2 Å². The lowest BCUT2D eigenvalue weighted by atomic mass is 10.2. The van der Waals surface area contributed by atoms with Crippen LogP contribution in [0.5, 0.6) is 0 Å². The van der Waals surface area contributed by atoms with Crippen molar-refractivity contribution in [3.63, 3.8) is 0 Å². The Morgan fingerprint density at radius 2 is 1.81 bits per heavy atom. The van der Waals surface area contributed by atoms with Crippen LogP contribution in [0.1, 0.15) is 15.9 Å². The lowest BCUT2D eigenvalue weighted by molar-refractivity contribution is 0.0864. The minimum atomic E-state index is -0.614. The molecule has 3 rings (SSSR count). The summed E-state index contributed by atoms with van der Waals surface area (Å²) in [5, 5.41) is 3.06. The Morgan fingerprint density at radius 3 is 2.54 bits per heavy atom. The Kier molecular flexibility index (Phi) is 5.34. The highest BCUT2D eigenvalue weighted by Crippen LogP contribution is 2.14. The van der Waals surface area contributed by atoms with E-state index < -0.39 is 17.3 Å². The SMILES string of the molecule is O=C(Nc1ccc(F)cc1)c1cccn(OCc2ccccc2Cl)c1=O. The van der Waals surface area contributed by atoms with Crippen LogP contribution in [0.25, 0.3) is 0 Å². The lowest BCUT2D eigenvalue weighted by Crippen LogP contribution is -2.32. The maximum Gasteiger partial charge on any atom is 0.295 e. The molecule has 5 nitrogen and oxygen atoms in total. The molecule has 0 radical (unpaired) electrons. The number of nitrogens with one attached hydrogen (secondary N) is 1. The van der Waals surface area contributed by atoms with Crippen molar-refractivity contribution in [2.24, 2.45) is 0 Å². The molecule has 1 N–H and O–H groups in total. The summed E-state index contributed by atoms with van der Waals surface area (Å²) in [4.78, 5) is 30.2. The fourth-order valence-electron chi connectivity index (χ4n) is 2.24. The normalized spacial score (nSPS) is 10.4. The van der Waals surface area contributed by atoms with Gasteiger partial charge in [0.15, 0.2) is 0 Å². The van der Waals surface area contributed by atoms with Gasteiger partial charge in [0.05, 0.1) is 0 Å². The quantitative estimate of drug-likeness (QED) is 0.745. The van der Waals surface area contributed by atoms with Gasteiger partial charge in [-0.1, -0.05) is 29.8 Å². The molecule has 0 spiro atoms. The second-order valence-corrected chi connectivity index (χ2v) is 5.79. The number of carbonyl (C=O) groups excluding carboxylic acids is 1. The van der Waals surface area contributed by atoms with Crippen LogP contribution in [-0.4, -0.2) is 10.6 Å². The molecular formula is C19H14ClFN2O3. The first-order valence-electron chi connectivity index (χ1n) is 7.70. The van der Waals surface area contributed by atoms with Crippen molar-refractivity contribution in [2.45, 2.75) is 6.61 Å². The minimum absolute atomic E-state index is 0.0720. The van der Waals surface area contributed by atoms with Crippen molar-refractivity contribution in [1.82, 2.24) is 4.73 Å². The molecule has 3 aromatic rings. The van der Waals surface area contributed by atoms with Gasteiger partial charge < -0.3 is 10.2 Å². The summed E-state index contributed by atoms with van der Waals surface area (Å²) in [7, 11) is 0. The zero-order valence-electron chi connectivity index (χ0n) is 13.5. The Labute approximate surface area is 153 Å². The van der Waals surface area contributed by atoms with Crippen molar-refractivity contribution in [3.05, 3.63) is 99.2 Å². The Morgan fingerprint density at radius 1 is 1.08 bits per heavy atom. The summed E-state index contributed by atoms with van der Waals surface area (Å²) in [5.74, 6) is -1.03. The molecule has 0 aliphatic heterocycles. The van der Waals surface area contributed by atoms with Crippen LogP contribution >= 0.6 is 11.6 Å². The van der Waals surface area contributed by atoms with E-state index in [1.165, 1.54) is 42.6 Å². The predicted molar refractivity (Wildman–Crippen MR) is 96.8 cm³/mol. The molecule has 0 saturated carbocycles. The zero-order chi connectivity index (χ0) is 18.5. The maximum absolute atomic E-state index is 12.9. The first-order chi connectivity index (χ1) is 12.5. The maximum atomic E-state index is 12.9.